The van der Waals surface area contributed by atoms with E-state index in [1.165, 1.54) is 10.9 Å². The number of hydrogen-bond donors (Lipinski definition) is 2. The fraction of sp³-hybridized carbons (Fsp3) is 0.476. The second kappa shape index (κ2) is 9.35. The Bertz CT molecular complexity index is 1040. The number of carbonyl (C=O) groups excluding carboxylic acids is 1. The van der Waals surface area contributed by atoms with E-state index in [0.717, 1.165) is 13.0 Å². The molecule has 3 heterocycles. The standard InChI is InChI=1S/C21H26ClN5O4/c1-26(16(12-28)20(23)29)11-19-24-21(25-31-19)17-8-13(9-18(22)30-17)10-27-7-6-14-4-2-3-5-15(14)27/h2-7,13,16-18,28H,8-12H2,1H3,(H2,23,29)/t13-,16-,17-,18+/m0/s1. The number of ether oxygens (including phenoxy) is 1. The predicted octanol–water partition coefficient (Wildman–Crippen LogP) is 2.04. The maximum absolute atomic E-state index is 11.4. The lowest BCUT2D eigenvalue weighted by atomic mass is 9.95. The number of halogens is 1. The highest BCUT2D eigenvalue weighted by Gasteiger charge is 2.33. The van der Waals surface area contributed by atoms with Crippen molar-refractivity contribution in [2.45, 2.75) is 43.6 Å². The van der Waals surface area contributed by atoms with Crippen LogP contribution in [0.2, 0.25) is 0 Å². The minimum atomic E-state index is -0.825. The van der Waals surface area contributed by atoms with Gasteiger partial charge in [-0.15, -0.1) is 0 Å². The van der Waals surface area contributed by atoms with E-state index in [2.05, 4.69) is 39.1 Å². The number of nitrogens with zero attached hydrogens (tertiary/aromatic N) is 4. The van der Waals surface area contributed by atoms with Crippen molar-refractivity contribution in [2.75, 3.05) is 13.7 Å². The third kappa shape index (κ3) is 4.90. The Morgan fingerprint density at radius 3 is 2.97 bits per heavy atom. The molecule has 3 aromatic rings. The first-order valence-corrected chi connectivity index (χ1v) is 10.6. The zero-order valence-electron chi connectivity index (χ0n) is 17.2. The monoisotopic (exact) mass is 447 g/mol. The average molecular weight is 448 g/mol. The van der Waals surface area contributed by atoms with Crippen molar-refractivity contribution in [1.82, 2.24) is 19.6 Å². The van der Waals surface area contributed by atoms with Gasteiger partial charge in [-0.05, 0) is 43.3 Å². The van der Waals surface area contributed by atoms with Crippen LogP contribution in [0.25, 0.3) is 10.9 Å². The highest BCUT2D eigenvalue weighted by atomic mass is 35.5. The van der Waals surface area contributed by atoms with Crippen molar-refractivity contribution >= 4 is 28.4 Å². The number of aliphatic hydroxyl groups excluding tert-OH is 1. The number of hydrogen-bond acceptors (Lipinski definition) is 7. The number of fused-ring (bicyclic) bond motifs is 1. The van der Waals surface area contributed by atoms with E-state index < -0.39 is 17.5 Å². The number of nitrogens with two attached hydrogens (primary N) is 1. The van der Waals surface area contributed by atoms with Gasteiger partial charge in [-0.3, -0.25) is 9.69 Å². The van der Waals surface area contributed by atoms with Crippen LogP contribution in [0, 0.1) is 5.92 Å². The lowest BCUT2D eigenvalue weighted by molar-refractivity contribution is -0.124. The lowest BCUT2D eigenvalue weighted by Gasteiger charge is -2.31. The summed E-state index contributed by atoms with van der Waals surface area (Å²) in [6, 6.07) is 9.56. The molecular weight excluding hydrogens is 422 g/mol. The van der Waals surface area contributed by atoms with Gasteiger partial charge in [0.15, 0.2) is 0 Å². The number of benzene rings is 1. The van der Waals surface area contributed by atoms with Crippen molar-refractivity contribution in [3.63, 3.8) is 0 Å². The summed E-state index contributed by atoms with van der Waals surface area (Å²) >= 11 is 6.40. The smallest absolute Gasteiger partial charge is 0.240 e. The molecule has 2 aromatic heterocycles. The summed E-state index contributed by atoms with van der Waals surface area (Å²) in [5.41, 5.74) is 6.05. The molecule has 0 radical (unpaired) electrons. The quantitative estimate of drug-likeness (QED) is 0.507. The molecule has 0 aliphatic carbocycles. The summed E-state index contributed by atoms with van der Waals surface area (Å²) in [5.74, 6) is 0.405. The molecule has 1 aliphatic heterocycles. The second-order valence-corrected chi connectivity index (χ2v) is 8.45. The van der Waals surface area contributed by atoms with Gasteiger partial charge in [-0.1, -0.05) is 35.0 Å². The first kappa shape index (κ1) is 21.8. The predicted molar refractivity (Wildman–Crippen MR) is 114 cm³/mol. The van der Waals surface area contributed by atoms with Gasteiger partial charge in [0.05, 0.1) is 13.2 Å². The summed E-state index contributed by atoms with van der Waals surface area (Å²) < 4.78 is 13.4. The van der Waals surface area contributed by atoms with E-state index in [-0.39, 0.29) is 25.2 Å². The molecule has 10 heteroatoms. The molecule has 1 aromatic carbocycles. The molecule has 0 bridgehead atoms. The van der Waals surface area contributed by atoms with Gasteiger partial charge in [0.2, 0.25) is 17.6 Å². The molecule has 31 heavy (non-hydrogen) atoms. The van der Waals surface area contributed by atoms with Crippen LogP contribution in [0.3, 0.4) is 0 Å². The summed E-state index contributed by atoms with van der Waals surface area (Å²) in [4.78, 5) is 17.4. The maximum Gasteiger partial charge on any atom is 0.240 e. The van der Waals surface area contributed by atoms with Gasteiger partial charge in [0.25, 0.3) is 0 Å². The van der Waals surface area contributed by atoms with Crippen LogP contribution in [0.1, 0.15) is 30.7 Å². The Morgan fingerprint density at radius 2 is 2.19 bits per heavy atom. The van der Waals surface area contributed by atoms with E-state index in [9.17, 15) is 9.90 Å². The van der Waals surface area contributed by atoms with Gasteiger partial charge < -0.3 is 24.7 Å². The number of alkyl halides is 1. The number of aromatic nitrogens is 3. The Morgan fingerprint density at radius 1 is 1.39 bits per heavy atom. The van der Waals surface area contributed by atoms with Gasteiger partial charge in [0.1, 0.15) is 17.7 Å². The number of aliphatic hydroxyl groups is 1. The van der Waals surface area contributed by atoms with Crippen LogP contribution in [0.4, 0.5) is 0 Å². The molecule has 4 rings (SSSR count). The number of amides is 1. The van der Waals surface area contributed by atoms with Crippen molar-refractivity contribution in [3.05, 3.63) is 48.2 Å². The molecule has 3 N–H and O–H groups in total. The lowest BCUT2D eigenvalue weighted by Crippen LogP contribution is -2.44. The van der Waals surface area contributed by atoms with Gasteiger partial charge in [-0.2, -0.15) is 4.98 Å². The zero-order valence-corrected chi connectivity index (χ0v) is 18.0. The Balaban J connectivity index is 1.43. The van der Waals surface area contributed by atoms with Crippen LogP contribution in [-0.2, 0) is 22.6 Å². The molecule has 1 amide bonds. The number of para-hydroxylation sites is 1. The Hall–Kier alpha value is -2.46. The average Bonchev–Trinajstić information content (AvgIpc) is 3.35. The molecule has 1 fully saturated rings. The third-order valence-corrected chi connectivity index (χ3v) is 5.98. The molecule has 4 atom stereocenters. The number of primary amides is 1. The number of carbonyl (C=O) groups is 1. The SMILES string of the molecule is CN(Cc1nc([C@@H]2C[C@H](Cn3ccc4ccccc43)C[C@H](Cl)O2)no1)[C@@H](CO)C(N)=O. The molecule has 0 unspecified atom stereocenters. The molecule has 1 aliphatic rings. The highest BCUT2D eigenvalue weighted by molar-refractivity contribution is 6.19. The van der Waals surface area contributed by atoms with Crippen LogP contribution in [0.15, 0.2) is 41.1 Å². The Labute approximate surface area is 184 Å². The van der Waals surface area contributed by atoms with Crippen molar-refractivity contribution in [2.24, 2.45) is 11.7 Å². The van der Waals surface area contributed by atoms with Crippen LogP contribution < -0.4 is 5.73 Å². The number of rotatable bonds is 8. The largest absolute Gasteiger partial charge is 0.394 e. The first-order valence-electron chi connectivity index (χ1n) is 10.2. The zero-order chi connectivity index (χ0) is 22.0. The van der Waals surface area contributed by atoms with E-state index in [4.69, 9.17) is 26.6 Å². The van der Waals surface area contributed by atoms with Crippen LogP contribution in [-0.4, -0.2) is 55.9 Å². The van der Waals surface area contributed by atoms with Crippen molar-refractivity contribution in [3.8, 4) is 0 Å². The normalized spacial score (nSPS) is 22.8. The summed E-state index contributed by atoms with van der Waals surface area (Å²) in [7, 11) is 1.65. The van der Waals surface area contributed by atoms with Crippen LogP contribution >= 0.6 is 11.6 Å². The third-order valence-electron chi connectivity index (χ3n) is 5.70. The maximum atomic E-state index is 11.4. The summed E-state index contributed by atoms with van der Waals surface area (Å²) in [5, 5.41) is 14.6. The fourth-order valence-electron chi connectivity index (χ4n) is 4.08. The van der Waals surface area contributed by atoms with Crippen molar-refractivity contribution in [1.29, 1.82) is 0 Å². The second-order valence-electron chi connectivity index (χ2n) is 7.96. The van der Waals surface area contributed by atoms with Gasteiger partial charge >= 0.3 is 0 Å². The molecule has 9 nitrogen and oxygen atoms in total. The van der Waals surface area contributed by atoms with Crippen LogP contribution in [0.5, 0.6) is 0 Å². The van der Waals surface area contributed by atoms with E-state index in [1.807, 2.05) is 12.1 Å². The topological polar surface area (TPSA) is 120 Å². The molecule has 1 saturated heterocycles. The summed E-state index contributed by atoms with van der Waals surface area (Å²) in [6.45, 7) is 0.611. The van der Waals surface area contributed by atoms with Gasteiger partial charge in [-0.25, -0.2) is 0 Å². The van der Waals surface area contributed by atoms with Crippen molar-refractivity contribution < 1.29 is 19.2 Å². The van der Waals surface area contributed by atoms with E-state index in [0.29, 0.717) is 18.1 Å². The first-order chi connectivity index (χ1) is 14.9. The summed E-state index contributed by atoms with van der Waals surface area (Å²) in [6.07, 6.45) is 3.16. The molecule has 166 valence electrons. The van der Waals surface area contributed by atoms with Gasteiger partial charge in [0, 0.05) is 18.3 Å². The Kier molecular flexibility index (Phi) is 6.57. The number of likely N-dealkylation sites (N-methyl/N-ethyl adjacent to an activating group) is 1. The van der Waals surface area contributed by atoms with E-state index in [1.54, 1.807) is 11.9 Å². The van der Waals surface area contributed by atoms with E-state index >= 15 is 0 Å². The minimum absolute atomic E-state index is 0.178. The minimum Gasteiger partial charge on any atom is -0.394 e. The molecule has 0 spiro atoms. The molecule has 0 saturated carbocycles. The fourth-order valence-corrected chi connectivity index (χ4v) is 4.45. The highest BCUT2D eigenvalue weighted by Crippen LogP contribution is 2.36. The molecular formula is C21H26ClN5O4.